The van der Waals surface area contributed by atoms with Crippen LogP contribution in [-0.2, 0) is 0 Å². The van der Waals surface area contributed by atoms with Gasteiger partial charge < -0.3 is 9.47 Å². The Morgan fingerprint density at radius 2 is 1.58 bits per heavy atom. The van der Waals surface area contributed by atoms with Gasteiger partial charge in [-0.25, -0.2) is 5.43 Å². The smallest absolute Gasteiger partial charge is 0.271 e. The van der Waals surface area contributed by atoms with Gasteiger partial charge in [-0.3, -0.25) is 4.79 Å². The van der Waals surface area contributed by atoms with Crippen LogP contribution in [0.25, 0.3) is 0 Å². The van der Waals surface area contributed by atoms with E-state index in [0.717, 1.165) is 11.3 Å². The Bertz CT molecular complexity index is 715. The van der Waals surface area contributed by atoms with Gasteiger partial charge in [0.05, 0.1) is 19.9 Å². The molecule has 126 valence electrons. The number of hydrazone groups is 1. The molecule has 5 heteroatoms. The summed E-state index contributed by atoms with van der Waals surface area (Å²) in [6.07, 6.45) is 0.713. The molecule has 0 fully saturated rings. The number of aryl methyl sites for hydroxylation is 1. The quantitative estimate of drug-likeness (QED) is 0.652. The third-order valence-corrected chi connectivity index (χ3v) is 3.63. The summed E-state index contributed by atoms with van der Waals surface area (Å²) in [6.45, 7) is 4.03. The van der Waals surface area contributed by atoms with Crippen LogP contribution in [0.1, 0.15) is 34.8 Å². The number of rotatable bonds is 6. The fourth-order valence-corrected chi connectivity index (χ4v) is 2.22. The molecule has 0 heterocycles. The van der Waals surface area contributed by atoms with E-state index in [2.05, 4.69) is 10.5 Å². The first-order valence-electron chi connectivity index (χ1n) is 7.74. The molecule has 24 heavy (non-hydrogen) atoms. The van der Waals surface area contributed by atoms with Gasteiger partial charge >= 0.3 is 0 Å². The predicted molar refractivity (Wildman–Crippen MR) is 95.0 cm³/mol. The summed E-state index contributed by atoms with van der Waals surface area (Å²) in [7, 11) is 3.09. The lowest BCUT2D eigenvalue weighted by Gasteiger charge is -2.09. The van der Waals surface area contributed by atoms with E-state index in [9.17, 15) is 4.79 Å². The highest BCUT2D eigenvalue weighted by molar-refractivity contribution is 6.02. The number of nitrogens with one attached hydrogen (secondary N) is 1. The van der Waals surface area contributed by atoms with Crippen molar-refractivity contribution in [3.63, 3.8) is 0 Å². The highest BCUT2D eigenvalue weighted by atomic mass is 16.5. The molecule has 0 aliphatic carbocycles. The molecule has 5 nitrogen and oxygen atoms in total. The molecule has 0 saturated carbocycles. The summed E-state index contributed by atoms with van der Waals surface area (Å²) in [4.78, 5) is 12.4. The van der Waals surface area contributed by atoms with E-state index < -0.39 is 0 Å². The van der Waals surface area contributed by atoms with E-state index in [-0.39, 0.29) is 5.91 Å². The molecule has 1 N–H and O–H groups in total. The number of carbonyl (C=O) groups excluding carboxylic acids is 1. The van der Waals surface area contributed by atoms with E-state index in [0.29, 0.717) is 23.5 Å². The Balaban J connectivity index is 2.20. The number of carbonyl (C=O) groups is 1. The molecule has 0 radical (unpaired) electrons. The maximum atomic E-state index is 12.4. The molecule has 2 aromatic rings. The molecule has 0 bridgehead atoms. The summed E-state index contributed by atoms with van der Waals surface area (Å²) in [5.41, 5.74) is 6.02. The first-order chi connectivity index (χ1) is 11.6. The largest absolute Gasteiger partial charge is 0.497 e. The fourth-order valence-electron chi connectivity index (χ4n) is 2.22. The minimum absolute atomic E-state index is 0.315. The van der Waals surface area contributed by atoms with Crippen LogP contribution in [0, 0.1) is 6.92 Å². The predicted octanol–water partition coefficient (Wildman–Crippen LogP) is 3.56. The van der Waals surface area contributed by atoms with Crippen molar-refractivity contribution >= 4 is 11.6 Å². The highest BCUT2D eigenvalue weighted by Gasteiger charge is 2.10. The molecule has 1 amide bonds. The van der Waals surface area contributed by atoms with Gasteiger partial charge in [-0.2, -0.15) is 5.10 Å². The van der Waals surface area contributed by atoms with Crippen LogP contribution in [0.2, 0.25) is 0 Å². The van der Waals surface area contributed by atoms with Gasteiger partial charge in [-0.15, -0.1) is 0 Å². The fraction of sp³-hybridized carbons (Fsp3) is 0.263. The first-order valence-corrected chi connectivity index (χ1v) is 7.74. The third kappa shape index (κ3) is 4.35. The topological polar surface area (TPSA) is 59.9 Å². The van der Waals surface area contributed by atoms with E-state index in [4.69, 9.17) is 9.47 Å². The molecule has 0 aliphatic rings. The zero-order chi connectivity index (χ0) is 17.5. The zero-order valence-electron chi connectivity index (χ0n) is 14.4. The van der Waals surface area contributed by atoms with Crippen LogP contribution in [0.5, 0.6) is 11.5 Å². The average molecular weight is 326 g/mol. The Hall–Kier alpha value is -2.82. The molecule has 0 saturated heterocycles. The van der Waals surface area contributed by atoms with Crippen LogP contribution >= 0.6 is 0 Å². The second-order valence-corrected chi connectivity index (χ2v) is 5.32. The highest BCUT2D eigenvalue weighted by Crippen LogP contribution is 2.22. The van der Waals surface area contributed by atoms with Gasteiger partial charge in [0.25, 0.3) is 5.91 Å². The van der Waals surface area contributed by atoms with Crippen molar-refractivity contribution in [1.82, 2.24) is 5.43 Å². The Morgan fingerprint density at radius 1 is 1.00 bits per heavy atom. The van der Waals surface area contributed by atoms with E-state index >= 15 is 0 Å². The maximum absolute atomic E-state index is 12.4. The number of nitrogens with zero attached hydrogens (tertiary/aromatic N) is 1. The molecule has 0 unspecified atom stereocenters. The third-order valence-electron chi connectivity index (χ3n) is 3.63. The number of methoxy groups -OCH3 is 2. The number of amides is 1. The van der Waals surface area contributed by atoms with Gasteiger partial charge in [0.1, 0.15) is 11.5 Å². The van der Waals surface area contributed by atoms with Crippen LogP contribution < -0.4 is 14.9 Å². The van der Waals surface area contributed by atoms with Crippen molar-refractivity contribution in [2.45, 2.75) is 20.3 Å². The van der Waals surface area contributed by atoms with Crippen molar-refractivity contribution in [3.05, 3.63) is 59.2 Å². The Kier molecular flexibility index (Phi) is 5.95. The van der Waals surface area contributed by atoms with Crippen molar-refractivity contribution in [3.8, 4) is 11.5 Å². The standard InChI is InChI=1S/C19H22N2O3/c1-5-18(14-8-6-13(2)7-9-14)20-21-19(22)15-10-16(23-3)12-17(11-15)24-4/h6-12H,5H2,1-4H3,(H,21,22)/b20-18-. The minimum atomic E-state index is -0.315. The second kappa shape index (κ2) is 8.15. The van der Waals surface area contributed by atoms with Crippen LogP contribution in [0.4, 0.5) is 0 Å². The minimum Gasteiger partial charge on any atom is -0.497 e. The number of hydrogen-bond donors (Lipinski definition) is 1. The SMILES string of the molecule is CC/C(=N/NC(=O)c1cc(OC)cc(OC)c1)c1ccc(C)cc1. The van der Waals surface area contributed by atoms with Crippen molar-refractivity contribution in [2.75, 3.05) is 14.2 Å². The summed E-state index contributed by atoms with van der Waals surface area (Å²) < 4.78 is 10.4. The summed E-state index contributed by atoms with van der Waals surface area (Å²) in [5, 5.41) is 4.26. The molecule has 0 aliphatic heterocycles. The number of benzene rings is 2. The molecule has 0 atom stereocenters. The molecular weight excluding hydrogens is 304 g/mol. The molecule has 2 rings (SSSR count). The monoisotopic (exact) mass is 326 g/mol. The normalized spacial score (nSPS) is 11.1. The molecule has 2 aromatic carbocycles. The number of hydrogen-bond acceptors (Lipinski definition) is 4. The van der Waals surface area contributed by atoms with Gasteiger partial charge in [0, 0.05) is 11.6 Å². The van der Waals surface area contributed by atoms with Crippen LogP contribution in [-0.4, -0.2) is 25.8 Å². The molecule has 0 aromatic heterocycles. The lowest BCUT2D eigenvalue weighted by Crippen LogP contribution is -2.20. The lowest BCUT2D eigenvalue weighted by molar-refractivity contribution is 0.0954. The van der Waals surface area contributed by atoms with Crippen molar-refractivity contribution in [2.24, 2.45) is 5.10 Å². The molecular formula is C19H22N2O3. The Labute approximate surface area is 142 Å². The Morgan fingerprint density at radius 3 is 2.08 bits per heavy atom. The summed E-state index contributed by atoms with van der Waals surface area (Å²) in [6, 6.07) is 13.0. The second-order valence-electron chi connectivity index (χ2n) is 5.32. The van der Waals surface area contributed by atoms with Gasteiger partial charge in [0.2, 0.25) is 0 Å². The van der Waals surface area contributed by atoms with E-state index in [1.165, 1.54) is 5.56 Å². The van der Waals surface area contributed by atoms with Gasteiger partial charge in [-0.05, 0) is 31.0 Å². The average Bonchev–Trinajstić information content (AvgIpc) is 2.62. The van der Waals surface area contributed by atoms with E-state index in [1.807, 2.05) is 38.1 Å². The zero-order valence-corrected chi connectivity index (χ0v) is 14.4. The lowest BCUT2D eigenvalue weighted by atomic mass is 10.1. The maximum Gasteiger partial charge on any atom is 0.271 e. The molecule has 0 spiro atoms. The van der Waals surface area contributed by atoms with Gasteiger partial charge in [-0.1, -0.05) is 36.8 Å². The van der Waals surface area contributed by atoms with Crippen LogP contribution in [0.3, 0.4) is 0 Å². The summed E-state index contributed by atoms with van der Waals surface area (Å²) in [5.74, 6) is 0.792. The van der Waals surface area contributed by atoms with Crippen LogP contribution in [0.15, 0.2) is 47.6 Å². The summed E-state index contributed by atoms with van der Waals surface area (Å²) >= 11 is 0. The van der Waals surface area contributed by atoms with E-state index in [1.54, 1.807) is 32.4 Å². The van der Waals surface area contributed by atoms with Crippen molar-refractivity contribution < 1.29 is 14.3 Å². The van der Waals surface area contributed by atoms with Gasteiger partial charge in [0.15, 0.2) is 0 Å². The number of ether oxygens (including phenoxy) is 2. The first kappa shape index (κ1) is 17.5. The van der Waals surface area contributed by atoms with Crippen molar-refractivity contribution in [1.29, 1.82) is 0 Å².